The van der Waals surface area contributed by atoms with E-state index < -0.39 is 0 Å². The van der Waals surface area contributed by atoms with E-state index in [-0.39, 0.29) is 6.03 Å². The molecule has 2 amide bonds. The molecule has 0 aromatic heterocycles. The number of urea groups is 1. The number of amides is 2. The lowest BCUT2D eigenvalue weighted by Crippen LogP contribution is -2.50. The number of aryl methyl sites for hydroxylation is 2. The van der Waals surface area contributed by atoms with Gasteiger partial charge in [-0.15, -0.1) is 0 Å². The fourth-order valence-corrected chi connectivity index (χ4v) is 3.36. The predicted molar refractivity (Wildman–Crippen MR) is 103 cm³/mol. The third-order valence-electron chi connectivity index (χ3n) is 4.69. The van der Waals surface area contributed by atoms with Crippen LogP contribution in [0.3, 0.4) is 0 Å². The van der Waals surface area contributed by atoms with Crippen LogP contribution in [0, 0.1) is 13.8 Å². The summed E-state index contributed by atoms with van der Waals surface area (Å²) in [5.41, 5.74) is 4.59. The van der Waals surface area contributed by atoms with Crippen LogP contribution in [0.5, 0.6) is 0 Å². The third kappa shape index (κ3) is 5.07. The van der Waals surface area contributed by atoms with Gasteiger partial charge < -0.3 is 10.2 Å². The molecule has 1 saturated heterocycles. The topological polar surface area (TPSA) is 35.6 Å². The molecule has 1 fully saturated rings. The van der Waals surface area contributed by atoms with Crippen molar-refractivity contribution >= 4 is 11.7 Å². The quantitative estimate of drug-likeness (QED) is 0.923. The Hall–Kier alpha value is -2.33. The minimum Gasteiger partial charge on any atom is -0.322 e. The number of anilines is 1. The standard InChI is InChI=1S/C21H27N3O/c1-17-14-18(2)16-20(15-17)22-21(25)24-12-10-23(11-13-24)9-8-19-6-4-3-5-7-19/h3-7,14-16H,8-13H2,1-2H3,(H,22,25). The molecule has 4 nitrogen and oxygen atoms in total. The molecule has 0 unspecified atom stereocenters. The second-order valence-corrected chi connectivity index (χ2v) is 6.87. The number of hydrogen-bond acceptors (Lipinski definition) is 2. The molecule has 1 aliphatic rings. The zero-order chi connectivity index (χ0) is 17.6. The van der Waals surface area contributed by atoms with Gasteiger partial charge in [-0.2, -0.15) is 0 Å². The fraction of sp³-hybridized carbons (Fsp3) is 0.381. The van der Waals surface area contributed by atoms with Crippen LogP contribution in [0.25, 0.3) is 0 Å². The van der Waals surface area contributed by atoms with E-state index in [1.54, 1.807) is 0 Å². The van der Waals surface area contributed by atoms with Gasteiger partial charge in [0.15, 0.2) is 0 Å². The minimum absolute atomic E-state index is 0.00714. The van der Waals surface area contributed by atoms with Crippen molar-refractivity contribution in [1.29, 1.82) is 0 Å². The number of nitrogens with one attached hydrogen (secondary N) is 1. The highest BCUT2D eigenvalue weighted by Crippen LogP contribution is 2.15. The zero-order valence-electron chi connectivity index (χ0n) is 15.2. The van der Waals surface area contributed by atoms with E-state index >= 15 is 0 Å². The van der Waals surface area contributed by atoms with E-state index in [0.717, 1.165) is 44.8 Å². The van der Waals surface area contributed by atoms with E-state index in [9.17, 15) is 4.79 Å². The summed E-state index contributed by atoms with van der Waals surface area (Å²) in [6, 6.07) is 16.7. The van der Waals surface area contributed by atoms with E-state index in [0.29, 0.717) is 0 Å². The van der Waals surface area contributed by atoms with Gasteiger partial charge in [0.05, 0.1) is 0 Å². The smallest absolute Gasteiger partial charge is 0.321 e. The second kappa shape index (κ2) is 8.17. The summed E-state index contributed by atoms with van der Waals surface area (Å²) in [6.07, 6.45) is 1.07. The Labute approximate surface area is 150 Å². The van der Waals surface area contributed by atoms with Crippen molar-refractivity contribution in [2.75, 3.05) is 38.0 Å². The summed E-state index contributed by atoms with van der Waals surface area (Å²) < 4.78 is 0. The SMILES string of the molecule is Cc1cc(C)cc(NC(=O)N2CCN(CCc3ccccc3)CC2)c1. The number of benzene rings is 2. The molecule has 0 radical (unpaired) electrons. The Kier molecular flexibility index (Phi) is 5.71. The van der Waals surface area contributed by atoms with Gasteiger partial charge in [-0.1, -0.05) is 36.4 Å². The number of hydrogen-bond donors (Lipinski definition) is 1. The Balaban J connectivity index is 1.46. The van der Waals surface area contributed by atoms with Crippen LogP contribution >= 0.6 is 0 Å². The number of rotatable bonds is 4. The number of carbonyl (C=O) groups is 1. The summed E-state index contributed by atoms with van der Waals surface area (Å²) in [4.78, 5) is 16.8. The molecule has 0 atom stereocenters. The molecule has 25 heavy (non-hydrogen) atoms. The van der Waals surface area contributed by atoms with Crippen LogP contribution in [-0.2, 0) is 6.42 Å². The van der Waals surface area contributed by atoms with Gasteiger partial charge >= 0.3 is 6.03 Å². The lowest BCUT2D eigenvalue weighted by molar-refractivity contribution is 0.148. The normalized spacial score (nSPS) is 15.2. The molecule has 0 saturated carbocycles. The summed E-state index contributed by atoms with van der Waals surface area (Å²) >= 11 is 0. The summed E-state index contributed by atoms with van der Waals surface area (Å²) in [7, 11) is 0. The molecule has 4 heteroatoms. The molecule has 1 heterocycles. The molecule has 1 N–H and O–H groups in total. The molecular formula is C21H27N3O. The van der Waals surface area contributed by atoms with Gasteiger partial charge in [0.1, 0.15) is 0 Å². The highest BCUT2D eigenvalue weighted by atomic mass is 16.2. The van der Waals surface area contributed by atoms with Crippen molar-refractivity contribution in [2.24, 2.45) is 0 Å². The second-order valence-electron chi connectivity index (χ2n) is 6.87. The van der Waals surface area contributed by atoms with Gasteiger partial charge in [0, 0.05) is 38.4 Å². The first-order valence-corrected chi connectivity index (χ1v) is 9.01. The molecule has 132 valence electrons. The van der Waals surface area contributed by atoms with Crippen LogP contribution < -0.4 is 5.32 Å². The average Bonchev–Trinajstić information content (AvgIpc) is 2.60. The van der Waals surface area contributed by atoms with Crippen molar-refractivity contribution in [3.63, 3.8) is 0 Å². The Morgan fingerprint density at radius 1 is 0.960 bits per heavy atom. The first-order valence-electron chi connectivity index (χ1n) is 9.01. The van der Waals surface area contributed by atoms with Crippen molar-refractivity contribution in [2.45, 2.75) is 20.3 Å². The lowest BCUT2D eigenvalue weighted by atomic mass is 10.1. The maximum absolute atomic E-state index is 12.5. The lowest BCUT2D eigenvalue weighted by Gasteiger charge is -2.34. The van der Waals surface area contributed by atoms with Crippen LogP contribution in [0.2, 0.25) is 0 Å². The van der Waals surface area contributed by atoms with Crippen molar-refractivity contribution in [1.82, 2.24) is 9.80 Å². The molecule has 0 bridgehead atoms. The van der Waals surface area contributed by atoms with Crippen molar-refractivity contribution in [3.05, 3.63) is 65.2 Å². The van der Waals surface area contributed by atoms with E-state index in [1.807, 2.05) is 30.9 Å². The largest absolute Gasteiger partial charge is 0.322 e. The molecule has 3 rings (SSSR count). The molecule has 1 aliphatic heterocycles. The maximum atomic E-state index is 12.5. The van der Waals surface area contributed by atoms with E-state index in [1.165, 1.54) is 16.7 Å². The highest BCUT2D eigenvalue weighted by Gasteiger charge is 2.20. The van der Waals surface area contributed by atoms with Gasteiger partial charge in [-0.05, 0) is 49.1 Å². The van der Waals surface area contributed by atoms with Crippen LogP contribution in [-0.4, -0.2) is 48.6 Å². The number of piperazine rings is 1. The Morgan fingerprint density at radius 3 is 2.24 bits per heavy atom. The fourth-order valence-electron chi connectivity index (χ4n) is 3.36. The number of carbonyl (C=O) groups excluding carboxylic acids is 1. The highest BCUT2D eigenvalue weighted by molar-refractivity contribution is 5.89. The molecule has 0 spiro atoms. The predicted octanol–water partition coefficient (Wildman–Crippen LogP) is 3.70. The first kappa shape index (κ1) is 17.5. The van der Waals surface area contributed by atoms with Gasteiger partial charge in [-0.3, -0.25) is 4.90 Å². The molecule has 2 aromatic carbocycles. The summed E-state index contributed by atoms with van der Waals surface area (Å²) in [5.74, 6) is 0. The summed E-state index contributed by atoms with van der Waals surface area (Å²) in [6.45, 7) is 8.59. The van der Waals surface area contributed by atoms with E-state index in [2.05, 4.69) is 46.6 Å². The Bertz CT molecular complexity index is 686. The minimum atomic E-state index is 0.00714. The zero-order valence-corrected chi connectivity index (χ0v) is 15.2. The van der Waals surface area contributed by atoms with Gasteiger partial charge in [0.25, 0.3) is 0 Å². The molecule has 2 aromatic rings. The third-order valence-corrected chi connectivity index (χ3v) is 4.69. The van der Waals surface area contributed by atoms with Gasteiger partial charge in [-0.25, -0.2) is 4.79 Å². The monoisotopic (exact) mass is 337 g/mol. The molecule has 0 aliphatic carbocycles. The van der Waals surface area contributed by atoms with Crippen LogP contribution in [0.4, 0.5) is 10.5 Å². The van der Waals surface area contributed by atoms with Crippen molar-refractivity contribution < 1.29 is 4.79 Å². The first-order chi connectivity index (χ1) is 12.1. The Morgan fingerprint density at radius 2 is 1.60 bits per heavy atom. The molecular weight excluding hydrogens is 310 g/mol. The number of nitrogens with zero attached hydrogens (tertiary/aromatic N) is 2. The summed E-state index contributed by atoms with van der Waals surface area (Å²) in [5, 5.41) is 3.03. The van der Waals surface area contributed by atoms with Gasteiger partial charge in [0.2, 0.25) is 0 Å². The van der Waals surface area contributed by atoms with Crippen molar-refractivity contribution in [3.8, 4) is 0 Å². The van der Waals surface area contributed by atoms with Crippen LogP contribution in [0.15, 0.2) is 48.5 Å². The maximum Gasteiger partial charge on any atom is 0.321 e. The van der Waals surface area contributed by atoms with E-state index in [4.69, 9.17) is 0 Å². The van der Waals surface area contributed by atoms with Crippen LogP contribution in [0.1, 0.15) is 16.7 Å². The average molecular weight is 337 g/mol.